The third-order valence-electron chi connectivity index (χ3n) is 3.14. The monoisotopic (exact) mass is 262 g/mol. The largest absolute Gasteiger partial charge is 0.355 e. The molecule has 0 aliphatic carbocycles. The van der Waals surface area contributed by atoms with Gasteiger partial charge in [0.2, 0.25) is 5.91 Å². The summed E-state index contributed by atoms with van der Waals surface area (Å²) >= 11 is 0. The molecule has 1 unspecified atom stereocenters. The Morgan fingerprint density at radius 3 is 2.21 bits per heavy atom. The van der Waals surface area contributed by atoms with Gasteiger partial charge in [0.15, 0.2) is 0 Å². The fourth-order valence-electron chi connectivity index (χ4n) is 2.02. The normalized spacial score (nSPS) is 12.7. The molecular weight excluding hydrogens is 236 g/mol. The van der Waals surface area contributed by atoms with E-state index in [0.717, 1.165) is 6.54 Å². The van der Waals surface area contributed by atoms with Gasteiger partial charge in [-0.3, -0.25) is 4.79 Å². The van der Waals surface area contributed by atoms with Gasteiger partial charge in [-0.05, 0) is 11.5 Å². The van der Waals surface area contributed by atoms with Crippen molar-refractivity contribution < 1.29 is 4.79 Å². The van der Waals surface area contributed by atoms with Crippen LogP contribution in [0.25, 0.3) is 0 Å². The molecule has 1 atom stereocenters. The van der Waals surface area contributed by atoms with Crippen LogP contribution < -0.4 is 10.6 Å². The van der Waals surface area contributed by atoms with E-state index >= 15 is 0 Å². The van der Waals surface area contributed by atoms with Crippen molar-refractivity contribution in [2.24, 2.45) is 11.8 Å². The quantitative estimate of drug-likeness (QED) is 0.742. The Hall–Kier alpha value is -1.35. The molecule has 19 heavy (non-hydrogen) atoms. The van der Waals surface area contributed by atoms with Crippen molar-refractivity contribution in [2.45, 2.75) is 33.7 Å². The molecule has 1 aromatic carbocycles. The first-order chi connectivity index (χ1) is 9.02. The van der Waals surface area contributed by atoms with Crippen LogP contribution >= 0.6 is 0 Å². The molecule has 1 rings (SSSR count). The summed E-state index contributed by atoms with van der Waals surface area (Å²) in [5.41, 5.74) is 1.30. The van der Waals surface area contributed by atoms with Gasteiger partial charge in [0.25, 0.3) is 0 Å². The highest BCUT2D eigenvalue weighted by Gasteiger charge is 2.14. The van der Waals surface area contributed by atoms with Crippen LogP contribution in [0.4, 0.5) is 0 Å². The maximum atomic E-state index is 11.5. The molecule has 2 N–H and O–H groups in total. The number of rotatable bonds is 7. The second-order valence-corrected chi connectivity index (χ2v) is 5.53. The number of carbonyl (C=O) groups excluding carboxylic acids is 1. The van der Waals surface area contributed by atoms with Crippen molar-refractivity contribution >= 4 is 5.91 Å². The van der Waals surface area contributed by atoms with Crippen LogP contribution in [0.1, 0.15) is 39.3 Å². The van der Waals surface area contributed by atoms with Crippen LogP contribution in [0, 0.1) is 11.8 Å². The molecule has 0 radical (unpaired) electrons. The van der Waals surface area contributed by atoms with E-state index in [-0.39, 0.29) is 11.8 Å². The third kappa shape index (κ3) is 5.43. The molecular formula is C16H26N2O. The van der Waals surface area contributed by atoms with E-state index in [1.54, 1.807) is 0 Å². The van der Waals surface area contributed by atoms with Crippen LogP contribution in [-0.2, 0) is 4.79 Å². The predicted octanol–water partition coefficient (Wildman–Crippen LogP) is 2.75. The van der Waals surface area contributed by atoms with Gasteiger partial charge < -0.3 is 10.6 Å². The summed E-state index contributed by atoms with van der Waals surface area (Å²) in [6.45, 7) is 9.69. The van der Waals surface area contributed by atoms with Gasteiger partial charge >= 0.3 is 0 Å². The second-order valence-electron chi connectivity index (χ2n) is 5.53. The minimum Gasteiger partial charge on any atom is -0.355 e. The Morgan fingerprint density at radius 2 is 1.68 bits per heavy atom. The van der Waals surface area contributed by atoms with Gasteiger partial charge in [-0.25, -0.2) is 0 Å². The van der Waals surface area contributed by atoms with E-state index in [9.17, 15) is 4.79 Å². The average molecular weight is 262 g/mol. The van der Waals surface area contributed by atoms with E-state index in [0.29, 0.717) is 18.5 Å². The number of amides is 1. The second kappa shape index (κ2) is 7.95. The van der Waals surface area contributed by atoms with Crippen LogP contribution in [0.2, 0.25) is 0 Å². The maximum absolute atomic E-state index is 11.5. The van der Waals surface area contributed by atoms with E-state index in [1.165, 1.54) is 5.56 Å². The Labute approximate surface area is 116 Å². The van der Waals surface area contributed by atoms with Gasteiger partial charge in [0, 0.05) is 25.0 Å². The van der Waals surface area contributed by atoms with Crippen molar-refractivity contribution in [3.05, 3.63) is 35.9 Å². The number of nitrogens with one attached hydrogen (secondary N) is 2. The molecule has 3 nitrogen and oxygen atoms in total. The fraction of sp³-hybridized carbons (Fsp3) is 0.562. The van der Waals surface area contributed by atoms with Crippen molar-refractivity contribution in [2.75, 3.05) is 13.1 Å². The molecule has 1 aromatic rings. The summed E-state index contributed by atoms with van der Waals surface area (Å²) < 4.78 is 0. The molecule has 0 aromatic heterocycles. The smallest absolute Gasteiger partial charge is 0.222 e. The van der Waals surface area contributed by atoms with Crippen LogP contribution in [0.3, 0.4) is 0 Å². The zero-order chi connectivity index (χ0) is 14.3. The number of hydrogen-bond donors (Lipinski definition) is 2. The van der Waals surface area contributed by atoms with Crippen molar-refractivity contribution in [1.82, 2.24) is 10.6 Å². The molecule has 3 heteroatoms. The lowest BCUT2D eigenvalue weighted by Crippen LogP contribution is -2.36. The zero-order valence-corrected chi connectivity index (χ0v) is 12.4. The fourth-order valence-corrected chi connectivity index (χ4v) is 2.02. The molecule has 106 valence electrons. The Kier molecular flexibility index (Phi) is 6.57. The van der Waals surface area contributed by atoms with E-state index in [2.05, 4.69) is 48.7 Å². The van der Waals surface area contributed by atoms with Gasteiger partial charge in [0.05, 0.1) is 0 Å². The Bertz CT molecular complexity index is 374. The summed E-state index contributed by atoms with van der Waals surface area (Å²) in [6.07, 6.45) is 0. The third-order valence-corrected chi connectivity index (χ3v) is 3.14. The van der Waals surface area contributed by atoms with Gasteiger partial charge in [-0.2, -0.15) is 0 Å². The molecule has 0 spiro atoms. The average Bonchev–Trinajstić information content (AvgIpc) is 2.38. The first kappa shape index (κ1) is 15.7. The maximum Gasteiger partial charge on any atom is 0.222 e. The van der Waals surface area contributed by atoms with Crippen LogP contribution in [0.15, 0.2) is 30.3 Å². The topological polar surface area (TPSA) is 41.1 Å². The first-order valence-electron chi connectivity index (χ1n) is 7.08. The molecule has 0 saturated heterocycles. The first-order valence-corrected chi connectivity index (χ1v) is 7.08. The van der Waals surface area contributed by atoms with Crippen LogP contribution in [0.5, 0.6) is 0 Å². The summed E-state index contributed by atoms with van der Waals surface area (Å²) in [7, 11) is 0. The summed E-state index contributed by atoms with van der Waals surface area (Å²) in [5, 5.41) is 6.44. The lowest BCUT2D eigenvalue weighted by molar-refractivity contribution is -0.123. The molecule has 0 fully saturated rings. The highest BCUT2D eigenvalue weighted by atomic mass is 16.1. The minimum absolute atomic E-state index is 0.0509. The lowest BCUT2D eigenvalue weighted by atomic mass is 9.96. The number of carbonyl (C=O) groups is 1. The molecule has 0 saturated carbocycles. The molecule has 1 amide bonds. The van der Waals surface area contributed by atoms with Crippen LogP contribution in [-0.4, -0.2) is 19.0 Å². The van der Waals surface area contributed by atoms with E-state index < -0.39 is 0 Å². The molecule has 0 bridgehead atoms. The summed E-state index contributed by atoms with van der Waals surface area (Å²) in [5.74, 6) is 0.681. The SMILES string of the molecule is CC(C)C(=O)NCCNC(c1ccccc1)C(C)C. The van der Waals surface area contributed by atoms with E-state index in [1.807, 2.05) is 19.9 Å². The predicted molar refractivity (Wildman–Crippen MR) is 79.9 cm³/mol. The zero-order valence-electron chi connectivity index (χ0n) is 12.4. The molecule has 0 aliphatic rings. The number of benzene rings is 1. The van der Waals surface area contributed by atoms with Crippen molar-refractivity contribution in [3.8, 4) is 0 Å². The molecule has 0 aliphatic heterocycles. The highest BCUT2D eigenvalue weighted by molar-refractivity contribution is 5.77. The highest BCUT2D eigenvalue weighted by Crippen LogP contribution is 2.20. The lowest BCUT2D eigenvalue weighted by Gasteiger charge is -2.23. The summed E-state index contributed by atoms with van der Waals surface area (Å²) in [6, 6.07) is 10.8. The van der Waals surface area contributed by atoms with E-state index in [4.69, 9.17) is 0 Å². The minimum atomic E-state index is 0.0509. The number of hydrogen-bond acceptors (Lipinski definition) is 2. The summed E-state index contributed by atoms with van der Waals surface area (Å²) in [4.78, 5) is 11.5. The van der Waals surface area contributed by atoms with Gasteiger partial charge in [0.1, 0.15) is 0 Å². The van der Waals surface area contributed by atoms with Crippen molar-refractivity contribution in [1.29, 1.82) is 0 Å². The van der Waals surface area contributed by atoms with Gasteiger partial charge in [-0.15, -0.1) is 0 Å². The molecule has 0 heterocycles. The van der Waals surface area contributed by atoms with Crippen molar-refractivity contribution in [3.63, 3.8) is 0 Å². The Morgan fingerprint density at radius 1 is 1.05 bits per heavy atom. The standard InChI is InChI=1S/C16H26N2O/c1-12(2)15(14-8-6-5-7-9-14)17-10-11-18-16(19)13(3)4/h5-9,12-13,15,17H,10-11H2,1-4H3,(H,18,19). The van der Waals surface area contributed by atoms with Gasteiger partial charge in [-0.1, -0.05) is 58.0 Å². The Balaban J connectivity index is 2.42.